The SMILES string of the molecule is C[C@@H]1CC1C1=CC=C(CN2CCN(C)CC2)CC1. The van der Waals surface area contributed by atoms with E-state index in [1.165, 1.54) is 52.0 Å². The molecule has 1 saturated carbocycles. The second-order valence-corrected chi connectivity index (χ2v) is 6.47. The van der Waals surface area contributed by atoms with Crippen LogP contribution in [0.5, 0.6) is 0 Å². The first-order chi connectivity index (χ1) is 8.72. The Morgan fingerprint density at radius 3 is 2.39 bits per heavy atom. The van der Waals surface area contributed by atoms with Crippen molar-refractivity contribution in [3.63, 3.8) is 0 Å². The van der Waals surface area contributed by atoms with Crippen molar-refractivity contribution in [1.29, 1.82) is 0 Å². The van der Waals surface area contributed by atoms with Crippen LogP contribution in [0.25, 0.3) is 0 Å². The van der Waals surface area contributed by atoms with E-state index in [0.717, 1.165) is 11.8 Å². The zero-order valence-corrected chi connectivity index (χ0v) is 11.9. The topological polar surface area (TPSA) is 6.48 Å². The quantitative estimate of drug-likeness (QED) is 0.755. The van der Waals surface area contributed by atoms with E-state index in [0.29, 0.717) is 0 Å². The predicted octanol–water partition coefficient (Wildman–Crippen LogP) is 2.54. The maximum atomic E-state index is 2.62. The second-order valence-electron chi connectivity index (χ2n) is 6.47. The minimum Gasteiger partial charge on any atom is -0.304 e. The summed E-state index contributed by atoms with van der Waals surface area (Å²) in [4.78, 5) is 5.04. The summed E-state index contributed by atoms with van der Waals surface area (Å²) in [6.07, 6.45) is 8.93. The van der Waals surface area contributed by atoms with Gasteiger partial charge in [0.2, 0.25) is 0 Å². The van der Waals surface area contributed by atoms with Crippen molar-refractivity contribution in [2.45, 2.75) is 26.2 Å². The van der Waals surface area contributed by atoms with Crippen LogP contribution in [0.15, 0.2) is 23.3 Å². The molecule has 2 atom stereocenters. The highest BCUT2D eigenvalue weighted by Crippen LogP contribution is 2.46. The standard InChI is InChI=1S/C16H26N2/c1-13-11-16(13)15-5-3-14(4-6-15)12-18-9-7-17(2)8-10-18/h3,5,13,16H,4,6-12H2,1-2H3/t13-,16?/m1/s1. The van der Waals surface area contributed by atoms with Gasteiger partial charge in [-0.1, -0.05) is 30.2 Å². The highest BCUT2D eigenvalue weighted by molar-refractivity contribution is 5.29. The smallest absolute Gasteiger partial charge is 0.0197 e. The maximum absolute atomic E-state index is 2.62. The van der Waals surface area contributed by atoms with Crippen LogP contribution in [-0.2, 0) is 0 Å². The number of nitrogens with zero attached hydrogens (tertiary/aromatic N) is 2. The van der Waals surface area contributed by atoms with Crippen molar-refractivity contribution >= 4 is 0 Å². The van der Waals surface area contributed by atoms with Crippen LogP contribution in [0.4, 0.5) is 0 Å². The van der Waals surface area contributed by atoms with E-state index in [2.05, 4.69) is 35.9 Å². The first-order valence-corrected chi connectivity index (χ1v) is 7.52. The third-order valence-electron chi connectivity index (χ3n) is 4.88. The molecule has 0 amide bonds. The number of allylic oxidation sites excluding steroid dienone is 3. The molecule has 0 N–H and O–H groups in total. The largest absolute Gasteiger partial charge is 0.304 e. The van der Waals surface area contributed by atoms with Gasteiger partial charge in [0.15, 0.2) is 0 Å². The van der Waals surface area contributed by atoms with Gasteiger partial charge in [-0.3, -0.25) is 4.90 Å². The van der Waals surface area contributed by atoms with Gasteiger partial charge in [0.1, 0.15) is 0 Å². The molecule has 3 aliphatic rings. The van der Waals surface area contributed by atoms with E-state index in [9.17, 15) is 0 Å². The van der Waals surface area contributed by atoms with E-state index in [1.54, 1.807) is 11.1 Å². The van der Waals surface area contributed by atoms with Crippen molar-refractivity contribution in [1.82, 2.24) is 9.80 Å². The molecule has 0 aromatic rings. The van der Waals surface area contributed by atoms with Crippen LogP contribution in [-0.4, -0.2) is 49.6 Å². The lowest BCUT2D eigenvalue weighted by Gasteiger charge is -2.33. The first kappa shape index (κ1) is 12.4. The van der Waals surface area contributed by atoms with Crippen LogP contribution in [0, 0.1) is 11.8 Å². The third kappa shape index (κ3) is 2.86. The van der Waals surface area contributed by atoms with Crippen LogP contribution >= 0.6 is 0 Å². The summed E-state index contributed by atoms with van der Waals surface area (Å²) in [5.74, 6) is 1.90. The normalized spacial score (nSPS) is 34.1. The van der Waals surface area contributed by atoms with Gasteiger partial charge in [-0.05, 0) is 38.1 Å². The summed E-state index contributed by atoms with van der Waals surface area (Å²) in [7, 11) is 2.23. The molecule has 1 unspecified atom stereocenters. The lowest BCUT2D eigenvalue weighted by Crippen LogP contribution is -2.45. The Morgan fingerprint density at radius 1 is 1.11 bits per heavy atom. The highest BCUT2D eigenvalue weighted by Gasteiger charge is 2.35. The molecule has 100 valence electrons. The number of likely N-dealkylation sites (N-methyl/N-ethyl adjacent to an activating group) is 1. The zero-order chi connectivity index (χ0) is 12.5. The molecule has 1 saturated heterocycles. The van der Waals surface area contributed by atoms with E-state index in [1.807, 2.05) is 0 Å². The Labute approximate surface area is 111 Å². The average molecular weight is 246 g/mol. The summed E-state index contributed by atoms with van der Waals surface area (Å²) in [6, 6.07) is 0. The van der Waals surface area contributed by atoms with Crippen molar-refractivity contribution in [2.24, 2.45) is 11.8 Å². The van der Waals surface area contributed by atoms with Gasteiger partial charge in [0, 0.05) is 32.7 Å². The molecule has 0 bridgehead atoms. The van der Waals surface area contributed by atoms with E-state index < -0.39 is 0 Å². The van der Waals surface area contributed by atoms with Crippen LogP contribution in [0.3, 0.4) is 0 Å². The summed E-state index contributed by atoms with van der Waals surface area (Å²) in [5, 5.41) is 0. The molecule has 0 radical (unpaired) electrons. The third-order valence-corrected chi connectivity index (χ3v) is 4.88. The number of hydrogen-bond acceptors (Lipinski definition) is 2. The Balaban J connectivity index is 1.52. The minimum absolute atomic E-state index is 0.937. The molecule has 2 heteroatoms. The second kappa shape index (κ2) is 5.18. The predicted molar refractivity (Wildman–Crippen MR) is 76.6 cm³/mol. The summed E-state index contributed by atoms with van der Waals surface area (Å²) in [5.41, 5.74) is 3.38. The molecule has 0 aromatic carbocycles. The fraction of sp³-hybridized carbons (Fsp3) is 0.750. The first-order valence-electron chi connectivity index (χ1n) is 7.52. The van der Waals surface area contributed by atoms with E-state index >= 15 is 0 Å². The van der Waals surface area contributed by atoms with Crippen LogP contribution < -0.4 is 0 Å². The molecular formula is C16H26N2. The zero-order valence-electron chi connectivity index (χ0n) is 11.9. The Hall–Kier alpha value is -0.600. The van der Waals surface area contributed by atoms with Gasteiger partial charge in [-0.25, -0.2) is 0 Å². The highest BCUT2D eigenvalue weighted by atomic mass is 15.2. The van der Waals surface area contributed by atoms with Crippen molar-refractivity contribution < 1.29 is 0 Å². The molecule has 0 aromatic heterocycles. The molecule has 2 aliphatic carbocycles. The fourth-order valence-electron chi connectivity index (χ4n) is 3.27. The minimum atomic E-state index is 0.937. The Kier molecular flexibility index (Phi) is 3.58. The monoisotopic (exact) mass is 246 g/mol. The molecule has 1 heterocycles. The van der Waals surface area contributed by atoms with Gasteiger partial charge in [-0.15, -0.1) is 0 Å². The van der Waals surface area contributed by atoms with Crippen molar-refractivity contribution in [3.8, 4) is 0 Å². The molecular weight excluding hydrogens is 220 g/mol. The van der Waals surface area contributed by atoms with Gasteiger partial charge >= 0.3 is 0 Å². The van der Waals surface area contributed by atoms with Gasteiger partial charge in [0.05, 0.1) is 0 Å². The summed E-state index contributed by atoms with van der Waals surface area (Å²) >= 11 is 0. The molecule has 0 spiro atoms. The molecule has 1 aliphatic heterocycles. The molecule has 2 nitrogen and oxygen atoms in total. The average Bonchev–Trinajstić information content (AvgIpc) is 3.10. The van der Waals surface area contributed by atoms with E-state index in [4.69, 9.17) is 0 Å². The number of rotatable bonds is 3. The van der Waals surface area contributed by atoms with E-state index in [-0.39, 0.29) is 0 Å². The summed E-state index contributed by atoms with van der Waals surface area (Å²) in [6.45, 7) is 8.53. The van der Waals surface area contributed by atoms with Gasteiger partial charge in [0.25, 0.3) is 0 Å². The van der Waals surface area contributed by atoms with Gasteiger partial charge in [-0.2, -0.15) is 0 Å². The van der Waals surface area contributed by atoms with Crippen LogP contribution in [0.2, 0.25) is 0 Å². The maximum Gasteiger partial charge on any atom is 0.0197 e. The molecule has 2 fully saturated rings. The fourth-order valence-corrected chi connectivity index (χ4v) is 3.27. The van der Waals surface area contributed by atoms with Crippen molar-refractivity contribution in [3.05, 3.63) is 23.3 Å². The summed E-state index contributed by atoms with van der Waals surface area (Å²) < 4.78 is 0. The lowest BCUT2D eigenvalue weighted by atomic mass is 9.94. The number of piperazine rings is 1. The Bertz CT molecular complexity index is 361. The molecule has 18 heavy (non-hydrogen) atoms. The number of hydrogen-bond donors (Lipinski definition) is 0. The van der Waals surface area contributed by atoms with Crippen molar-refractivity contribution in [2.75, 3.05) is 39.8 Å². The Morgan fingerprint density at radius 2 is 1.83 bits per heavy atom. The molecule has 3 rings (SSSR count). The van der Waals surface area contributed by atoms with Gasteiger partial charge < -0.3 is 4.90 Å². The van der Waals surface area contributed by atoms with Crippen LogP contribution in [0.1, 0.15) is 26.2 Å². The lowest BCUT2D eigenvalue weighted by molar-refractivity contribution is 0.163.